The molecule has 0 aliphatic carbocycles. The fourth-order valence-electron chi connectivity index (χ4n) is 2.78. The van der Waals surface area contributed by atoms with E-state index in [1.807, 2.05) is 0 Å². The lowest BCUT2D eigenvalue weighted by molar-refractivity contribution is -0.00291. The molecule has 2 aliphatic heterocycles. The van der Waals surface area contributed by atoms with Crippen LogP contribution in [0, 0.1) is 0 Å². The summed E-state index contributed by atoms with van der Waals surface area (Å²) in [5.74, 6) is 0. The highest BCUT2D eigenvalue weighted by Crippen LogP contribution is 2.23. The van der Waals surface area contributed by atoms with E-state index in [9.17, 15) is 0 Å². The molecule has 2 fully saturated rings. The highest BCUT2D eigenvalue weighted by atomic mass is 15.3. The predicted octanol–water partition coefficient (Wildman–Crippen LogP) is 0.502. The van der Waals surface area contributed by atoms with E-state index < -0.39 is 0 Å². The van der Waals surface area contributed by atoms with Crippen LogP contribution in [0.1, 0.15) is 26.7 Å². The molecule has 82 valence electrons. The van der Waals surface area contributed by atoms with Crippen LogP contribution in [0.25, 0.3) is 0 Å². The van der Waals surface area contributed by atoms with Gasteiger partial charge in [0.25, 0.3) is 0 Å². The lowest BCUT2D eigenvalue weighted by atomic mass is 9.95. The van der Waals surface area contributed by atoms with Crippen molar-refractivity contribution in [1.82, 2.24) is 9.80 Å². The van der Waals surface area contributed by atoms with Crippen molar-refractivity contribution < 1.29 is 0 Å². The summed E-state index contributed by atoms with van der Waals surface area (Å²) in [7, 11) is 0. The Morgan fingerprint density at radius 3 is 2.64 bits per heavy atom. The molecule has 2 N–H and O–H groups in total. The zero-order valence-corrected chi connectivity index (χ0v) is 9.45. The monoisotopic (exact) mass is 197 g/mol. The van der Waals surface area contributed by atoms with Gasteiger partial charge in [-0.05, 0) is 26.3 Å². The summed E-state index contributed by atoms with van der Waals surface area (Å²) in [4.78, 5) is 5.17. The van der Waals surface area contributed by atoms with Crippen LogP contribution in [-0.4, -0.2) is 54.1 Å². The largest absolute Gasteiger partial charge is 0.328 e. The zero-order valence-electron chi connectivity index (χ0n) is 9.45. The Hall–Kier alpha value is -0.120. The van der Waals surface area contributed by atoms with Gasteiger partial charge in [-0.3, -0.25) is 4.90 Å². The fourth-order valence-corrected chi connectivity index (χ4v) is 2.78. The SMILES string of the molecule is CCN1CC(N2CCC(N)CC2C)C1. The van der Waals surface area contributed by atoms with E-state index in [4.69, 9.17) is 5.73 Å². The number of likely N-dealkylation sites (N-methyl/N-ethyl adjacent to an activating group) is 1. The Morgan fingerprint density at radius 2 is 2.07 bits per heavy atom. The second-order valence-corrected chi connectivity index (χ2v) is 4.88. The molecule has 0 aromatic carbocycles. The van der Waals surface area contributed by atoms with Gasteiger partial charge in [0.15, 0.2) is 0 Å². The first-order chi connectivity index (χ1) is 6.70. The van der Waals surface area contributed by atoms with Gasteiger partial charge in [0.05, 0.1) is 0 Å². The molecule has 3 nitrogen and oxygen atoms in total. The van der Waals surface area contributed by atoms with Crippen LogP contribution in [-0.2, 0) is 0 Å². The third-order valence-corrected chi connectivity index (χ3v) is 3.82. The molecular weight excluding hydrogens is 174 g/mol. The summed E-state index contributed by atoms with van der Waals surface area (Å²) < 4.78 is 0. The number of nitrogens with two attached hydrogens (primary N) is 1. The van der Waals surface area contributed by atoms with E-state index in [2.05, 4.69) is 23.6 Å². The molecule has 2 atom stereocenters. The third kappa shape index (κ3) is 1.95. The smallest absolute Gasteiger partial charge is 0.0353 e. The summed E-state index contributed by atoms with van der Waals surface area (Å²) in [6.45, 7) is 9.54. The Kier molecular flexibility index (Phi) is 3.10. The summed E-state index contributed by atoms with van der Waals surface area (Å²) in [6, 6.07) is 1.96. The standard InChI is InChI=1S/C11H23N3/c1-3-13-7-11(8-13)14-5-4-10(12)6-9(14)2/h9-11H,3-8,12H2,1-2H3. The number of piperidine rings is 1. The van der Waals surface area contributed by atoms with Gasteiger partial charge in [0.2, 0.25) is 0 Å². The molecule has 2 unspecified atom stereocenters. The van der Waals surface area contributed by atoms with Crippen molar-refractivity contribution in [2.75, 3.05) is 26.2 Å². The Morgan fingerprint density at radius 1 is 1.36 bits per heavy atom. The number of hydrogen-bond acceptors (Lipinski definition) is 3. The Bertz CT molecular complexity index is 189. The van der Waals surface area contributed by atoms with Crippen molar-refractivity contribution in [3.05, 3.63) is 0 Å². The molecule has 2 aliphatic rings. The van der Waals surface area contributed by atoms with Crippen molar-refractivity contribution in [2.24, 2.45) is 5.73 Å². The lowest BCUT2D eigenvalue weighted by Gasteiger charge is -2.50. The van der Waals surface area contributed by atoms with E-state index in [0.29, 0.717) is 12.1 Å². The normalized spacial score (nSPS) is 37.1. The van der Waals surface area contributed by atoms with Gasteiger partial charge in [-0.1, -0.05) is 6.92 Å². The number of likely N-dealkylation sites (tertiary alicyclic amines) is 2. The first kappa shape index (κ1) is 10.4. The van der Waals surface area contributed by atoms with Crippen molar-refractivity contribution >= 4 is 0 Å². The van der Waals surface area contributed by atoms with Crippen molar-refractivity contribution in [3.8, 4) is 0 Å². The van der Waals surface area contributed by atoms with Gasteiger partial charge in [0.1, 0.15) is 0 Å². The van der Waals surface area contributed by atoms with Crippen LogP contribution in [0.3, 0.4) is 0 Å². The minimum atomic E-state index is 0.448. The number of nitrogens with zero attached hydrogens (tertiary/aromatic N) is 2. The molecule has 0 bridgehead atoms. The second kappa shape index (κ2) is 4.17. The van der Waals surface area contributed by atoms with Crippen molar-refractivity contribution in [2.45, 2.75) is 44.8 Å². The number of rotatable bonds is 2. The summed E-state index contributed by atoms with van der Waals surface area (Å²) in [6.07, 6.45) is 2.37. The Labute approximate surface area is 87.2 Å². The van der Waals surface area contributed by atoms with Crippen LogP contribution < -0.4 is 5.73 Å². The molecule has 3 heteroatoms. The molecule has 0 spiro atoms. The average molecular weight is 197 g/mol. The van der Waals surface area contributed by atoms with Crippen LogP contribution in [0.15, 0.2) is 0 Å². The highest BCUT2D eigenvalue weighted by Gasteiger charge is 2.35. The minimum Gasteiger partial charge on any atom is -0.328 e. The molecule has 2 heterocycles. The van der Waals surface area contributed by atoms with Gasteiger partial charge in [-0.2, -0.15) is 0 Å². The van der Waals surface area contributed by atoms with Gasteiger partial charge in [-0.25, -0.2) is 0 Å². The lowest BCUT2D eigenvalue weighted by Crippen LogP contribution is -2.63. The summed E-state index contributed by atoms with van der Waals surface area (Å²) in [5.41, 5.74) is 5.96. The van der Waals surface area contributed by atoms with Gasteiger partial charge in [-0.15, -0.1) is 0 Å². The average Bonchev–Trinajstić information content (AvgIpc) is 2.06. The quantitative estimate of drug-likeness (QED) is 0.700. The minimum absolute atomic E-state index is 0.448. The van der Waals surface area contributed by atoms with E-state index in [1.54, 1.807) is 0 Å². The van der Waals surface area contributed by atoms with E-state index in [1.165, 1.54) is 39.0 Å². The molecule has 2 rings (SSSR count). The highest BCUT2D eigenvalue weighted by molar-refractivity contribution is 4.93. The molecule has 0 radical (unpaired) electrons. The fraction of sp³-hybridized carbons (Fsp3) is 1.00. The molecule has 0 aromatic rings. The summed E-state index contributed by atoms with van der Waals surface area (Å²) >= 11 is 0. The van der Waals surface area contributed by atoms with E-state index in [-0.39, 0.29) is 0 Å². The maximum atomic E-state index is 5.96. The van der Waals surface area contributed by atoms with Crippen LogP contribution in [0.2, 0.25) is 0 Å². The second-order valence-electron chi connectivity index (χ2n) is 4.88. The van der Waals surface area contributed by atoms with Gasteiger partial charge >= 0.3 is 0 Å². The zero-order chi connectivity index (χ0) is 10.1. The van der Waals surface area contributed by atoms with Crippen LogP contribution in [0.5, 0.6) is 0 Å². The first-order valence-corrected chi connectivity index (χ1v) is 5.94. The molecule has 0 saturated carbocycles. The predicted molar refractivity (Wildman–Crippen MR) is 59.3 cm³/mol. The molecule has 14 heavy (non-hydrogen) atoms. The summed E-state index contributed by atoms with van der Waals surface area (Å²) in [5, 5.41) is 0. The number of hydrogen-bond donors (Lipinski definition) is 1. The molecule has 0 aromatic heterocycles. The Balaban J connectivity index is 1.81. The van der Waals surface area contributed by atoms with Crippen molar-refractivity contribution in [3.63, 3.8) is 0 Å². The first-order valence-electron chi connectivity index (χ1n) is 5.94. The topological polar surface area (TPSA) is 32.5 Å². The van der Waals surface area contributed by atoms with E-state index >= 15 is 0 Å². The molecule has 2 saturated heterocycles. The van der Waals surface area contributed by atoms with Crippen LogP contribution >= 0.6 is 0 Å². The maximum absolute atomic E-state index is 5.96. The van der Waals surface area contributed by atoms with Gasteiger partial charge < -0.3 is 10.6 Å². The van der Waals surface area contributed by atoms with E-state index in [0.717, 1.165) is 6.04 Å². The molecular formula is C11H23N3. The third-order valence-electron chi connectivity index (χ3n) is 3.82. The van der Waals surface area contributed by atoms with Crippen LogP contribution in [0.4, 0.5) is 0 Å². The van der Waals surface area contributed by atoms with Crippen molar-refractivity contribution in [1.29, 1.82) is 0 Å². The van der Waals surface area contributed by atoms with Gasteiger partial charge in [0, 0.05) is 37.8 Å². The molecule has 0 amide bonds. The maximum Gasteiger partial charge on any atom is 0.0353 e.